The fourth-order valence-corrected chi connectivity index (χ4v) is 3.24. The normalized spacial score (nSPS) is 23.9. The van der Waals surface area contributed by atoms with E-state index in [1.165, 1.54) is 12.4 Å². The van der Waals surface area contributed by atoms with Crippen LogP contribution in [0.15, 0.2) is 17.2 Å². The van der Waals surface area contributed by atoms with Gasteiger partial charge < -0.3 is 10.3 Å². The van der Waals surface area contributed by atoms with Gasteiger partial charge in [-0.3, -0.25) is 4.79 Å². The summed E-state index contributed by atoms with van der Waals surface area (Å²) in [5.41, 5.74) is -0.256. The van der Waals surface area contributed by atoms with Crippen molar-refractivity contribution in [3.8, 4) is 0 Å². The molecule has 0 aromatic carbocycles. The van der Waals surface area contributed by atoms with E-state index in [1.807, 2.05) is 0 Å². The van der Waals surface area contributed by atoms with Gasteiger partial charge in [-0.05, 0) is 6.42 Å². The second kappa shape index (κ2) is 3.65. The van der Waals surface area contributed by atoms with Gasteiger partial charge in [0, 0.05) is 12.1 Å². The molecule has 1 aliphatic rings. The maximum Gasteiger partial charge on any atom is 0.252 e. The van der Waals surface area contributed by atoms with Gasteiger partial charge in [0.1, 0.15) is 5.82 Å². The van der Waals surface area contributed by atoms with E-state index in [9.17, 15) is 13.2 Å². The van der Waals surface area contributed by atoms with Crippen LogP contribution in [-0.2, 0) is 9.84 Å². The van der Waals surface area contributed by atoms with Crippen LogP contribution in [0.25, 0.3) is 0 Å². The molecule has 82 valence electrons. The van der Waals surface area contributed by atoms with Gasteiger partial charge >= 0.3 is 0 Å². The molecule has 0 radical (unpaired) electrons. The van der Waals surface area contributed by atoms with Crippen LogP contribution in [0, 0.1) is 0 Å². The van der Waals surface area contributed by atoms with Gasteiger partial charge in [-0.25, -0.2) is 13.4 Å². The number of rotatable bonds is 2. The minimum atomic E-state index is -2.90. The third kappa shape index (κ3) is 2.56. The second-order valence-electron chi connectivity index (χ2n) is 3.54. The van der Waals surface area contributed by atoms with Crippen LogP contribution >= 0.6 is 0 Å². The fraction of sp³-hybridized carbons (Fsp3) is 0.500. The number of anilines is 1. The van der Waals surface area contributed by atoms with E-state index in [0.29, 0.717) is 12.2 Å². The van der Waals surface area contributed by atoms with Crippen molar-refractivity contribution in [2.75, 3.05) is 16.8 Å². The number of hydrogen-bond acceptors (Lipinski definition) is 5. The van der Waals surface area contributed by atoms with E-state index in [2.05, 4.69) is 15.3 Å². The number of nitrogens with zero attached hydrogens (tertiary/aromatic N) is 1. The molecule has 1 aromatic rings. The van der Waals surface area contributed by atoms with Crippen molar-refractivity contribution in [1.29, 1.82) is 0 Å². The standard InChI is InChI=1S/C8H11N3O3S/c12-8-3-7(9-5-10-8)11-6-1-2-15(13,14)4-6/h3,5-6H,1-2,4H2,(H2,9,10,11,12). The molecule has 0 aliphatic carbocycles. The Balaban J connectivity index is 2.08. The van der Waals surface area contributed by atoms with Crippen molar-refractivity contribution >= 4 is 15.7 Å². The molecule has 0 spiro atoms. The molecule has 1 aliphatic heterocycles. The summed E-state index contributed by atoms with van der Waals surface area (Å²) in [5.74, 6) is 0.732. The van der Waals surface area contributed by atoms with E-state index < -0.39 is 9.84 Å². The van der Waals surface area contributed by atoms with Crippen molar-refractivity contribution in [1.82, 2.24) is 9.97 Å². The lowest BCUT2D eigenvalue weighted by atomic mass is 10.2. The predicted octanol–water partition coefficient (Wildman–Crippen LogP) is -0.631. The lowest BCUT2D eigenvalue weighted by Gasteiger charge is -2.09. The highest BCUT2D eigenvalue weighted by Crippen LogP contribution is 2.14. The summed E-state index contributed by atoms with van der Waals surface area (Å²) in [5, 5.41) is 2.93. The van der Waals surface area contributed by atoms with Gasteiger partial charge in [0.15, 0.2) is 9.84 Å². The molecule has 2 rings (SSSR count). The summed E-state index contributed by atoms with van der Waals surface area (Å²) in [6.07, 6.45) is 1.85. The van der Waals surface area contributed by atoms with Gasteiger partial charge in [0.2, 0.25) is 0 Å². The molecular formula is C8H11N3O3S. The average molecular weight is 229 g/mol. The number of nitrogens with one attached hydrogen (secondary N) is 2. The minimum absolute atomic E-state index is 0.113. The third-order valence-corrected chi connectivity index (χ3v) is 4.03. The molecule has 15 heavy (non-hydrogen) atoms. The summed E-state index contributed by atoms with van der Waals surface area (Å²) < 4.78 is 22.3. The van der Waals surface area contributed by atoms with Gasteiger partial charge in [-0.2, -0.15) is 0 Å². The van der Waals surface area contributed by atoms with Gasteiger partial charge in [-0.15, -0.1) is 0 Å². The third-order valence-electron chi connectivity index (χ3n) is 2.26. The molecule has 0 amide bonds. The molecule has 2 N–H and O–H groups in total. The van der Waals surface area contributed by atoms with Gasteiger partial charge in [0.05, 0.1) is 17.8 Å². The van der Waals surface area contributed by atoms with Crippen LogP contribution in [0.5, 0.6) is 0 Å². The molecule has 2 heterocycles. The minimum Gasteiger partial charge on any atom is -0.366 e. The van der Waals surface area contributed by atoms with E-state index in [4.69, 9.17) is 0 Å². The van der Waals surface area contributed by atoms with Crippen LogP contribution in [0.2, 0.25) is 0 Å². The lowest BCUT2D eigenvalue weighted by Crippen LogP contribution is -2.22. The molecule has 1 saturated heterocycles. The van der Waals surface area contributed by atoms with E-state index in [0.717, 1.165) is 0 Å². The zero-order valence-electron chi connectivity index (χ0n) is 7.93. The Hall–Kier alpha value is -1.37. The first kappa shape index (κ1) is 10.2. The first-order valence-electron chi connectivity index (χ1n) is 4.57. The molecule has 1 aromatic heterocycles. The topological polar surface area (TPSA) is 91.9 Å². The van der Waals surface area contributed by atoms with Crippen molar-refractivity contribution in [3.05, 3.63) is 22.7 Å². The van der Waals surface area contributed by atoms with Crippen LogP contribution in [0.3, 0.4) is 0 Å². The smallest absolute Gasteiger partial charge is 0.252 e. The van der Waals surface area contributed by atoms with Crippen molar-refractivity contribution < 1.29 is 8.42 Å². The quantitative estimate of drug-likeness (QED) is 0.704. The second-order valence-corrected chi connectivity index (χ2v) is 5.77. The van der Waals surface area contributed by atoms with Crippen LogP contribution in [-0.4, -0.2) is 35.9 Å². The Kier molecular flexibility index (Phi) is 2.47. The zero-order chi connectivity index (χ0) is 10.9. The highest BCUT2D eigenvalue weighted by molar-refractivity contribution is 7.91. The van der Waals surface area contributed by atoms with Crippen molar-refractivity contribution in [3.63, 3.8) is 0 Å². The van der Waals surface area contributed by atoms with E-state index in [1.54, 1.807) is 0 Å². The van der Waals surface area contributed by atoms with Crippen molar-refractivity contribution in [2.24, 2.45) is 0 Å². The van der Waals surface area contributed by atoms with E-state index in [-0.39, 0.29) is 23.1 Å². The van der Waals surface area contributed by atoms with Gasteiger partial charge in [-0.1, -0.05) is 0 Å². The largest absolute Gasteiger partial charge is 0.366 e. The highest BCUT2D eigenvalue weighted by atomic mass is 32.2. The molecule has 0 saturated carbocycles. The molecule has 7 heteroatoms. The summed E-state index contributed by atoms with van der Waals surface area (Å²) in [6, 6.07) is 1.18. The van der Waals surface area contributed by atoms with Crippen LogP contribution < -0.4 is 10.9 Å². The van der Waals surface area contributed by atoms with Crippen LogP contribution in [0.1, 0.15) is 6.42 Å². The Labute approximate surface area is 86.7 Å². The Morgan fingerprint density at radius 3 is 2.93 bits per heavy atom. The Bertz CT molecular complexity index is 508. The first-order valence-corrected chi connectivity index (χ1v) is 6.39. The molecule has 1 fully saturated rings. The summed E-state index contributed by atoms with van der Waals surface area (Å²) in [4.78, 5) is 17.2. The monoisotopic (exact) mass is 229 g/mol. The highest BCUT2D eigenvalue weighted by Gasteiger charge is 2.27. The fourth-order valence-electron chi connectivity index (χ4n) is 1.57. The van der Waals surface area contributed by atoms with Gasteiger partial charge in [0.25, 0.3) is 5.56 Å². The number of hydrogen-bond donors (Lipinski definition) is 2. The summed E-state index contributed by atoms with van der Waals surface area (Å²) in [6.45, 7) is 0. The zero-order valence-corrected chi connectivity index (χ0v) is 8.75. The maximum atomic E-state index is 11.2. The molecule has 1 atom stereocenters. The van der Waals surface area contributed by atoms with Crippen molar-refractivity contribution in [2.45, 2.75) is 12.5 Å². The number of sulfone groups is 1. The molecule has 1 unspecified atom stereocenters. The predicted molar refractivity (Wildman–Crippen MR) is 55.5 cm³/mol. The number of aromatic amines is 1. The Morgan fingerprint density at radius 1 is 1.53 bits per heavy atom. The van der Waals surface area contributed by atoms with Crippen LogP contribution in [0.4, 0.5) is 5.82 Å². The summed E-state index contributed by atoms with van der Waals surface area (Å²) >= 11 is 0. The molecule has 0 bridgehead atoms. The SMILES string of the molecule is O=c1cc(NC2CCS(=O)(=O)C2)nc[nH]1. The molecular weight excluding hydrogens is 218 g/mol. The Morgan fingerprint density at radius 2 is 2.33 bits per heavy atom. The molecule has 6 nitrogen and oxygen atoms in total. The average Bonchev–Trinajstić information content (AvgIpc) is 2.45. The maximum absolute atomic E-state index is 11.2. The summed E-state index contributed by atoms with van der Waals surface area (Å²) in [7, 11) is -2.90. The van der Waals surface area contributed by atoms with E-state index >= 15 is 0 Å². The first-order chi connectivity index (χ1) is 7.05. The number of H-pyrrole nitrogens is 1. The lowest BCUT2D eigenvalue weighted by molar-refractivity contribution is 0.602. The number of aromatic nitrogens is 2.